The molecular weight excluding hydrogens is 182 g/mol. The minimum absolute atomic E-state index is 0.0972. The second kappa shape index (κ2) is 5.53. The molecule has 0 aliphatic carbocycles. The van der Waals surface area contributed by atoms with Crippen molar-refractivity contribution in [3.8, 4) is 0 Å². The van der Waals surface area contributed by atoms with Crippen LogP contribution in [-0.2, 0) is 4.79 Å². The maximum atomic E-state index is 11.5. The first-order chi connectivity index (χ1) is 5.90. The van der Waals surface area contributed by atoms with Gasteiger partial charge in [0.25, 0.3) is 0 Å². The molecule has 1 N–H and O–H groups in total. The summed E-state index contributed by atoms with van der Waals surface area (Å²) in [5, 5.41) is 2.96. The van der Waals surface area contributed by atoms with Gasteiger partial charge in [0.05, 0.1) is 5.25 Å². The highest BCUT2D eigenvalue weighted by molar-refractivity contribution is 8.01. The maximum absolute atomic E-state index is 11.5. The Labute approximate surface area is 85.9 Å². The maximum Gasteiger partial charge on any atom is 0.233 e. The molecule has 1 amide bonds. The van der Waals surface area contributed by atoms with Crippen molar-refractivity contribution in [2.24, 2.45) is 0 Å². The Kier molecular flexibility index (Phi) is 5.45. The van der Waals surface area contributed by atoms with Gasteiger partial charge in [-0.05, 0) is 13.3 Å². The van der Waals surface area contributed by atoms with E-state index in [9.17, 15) is 4.79 Å². The van der Waals surface area contributed by atoms with Gasteiger partial charge in [0.2, 0.25) is 5.91 Å². The van der Waals surface area contributed by atoms with Crippen molar-refractivity contribution in [3.05, 3.63) is 0 Å². The van der Waals surface area contributed by atoms with Gasteiger partial charge in [0.1, 0.15) is 0 Å². The highest BCUT2D eigenvalue weighted by Crippen LogP contribution is 2.29. The molecule has 0 aliphatic heterocycles. The van der Waals surface area contributed by atoms with E-state index in [4.69, 9.17) is 0 Å². The largest absolute Gasteiger partial charge is 0.355 e. The molecule has 78 valence electrons. The number of amides is 1. The lowest BCUT2D eigenvalue weighted by Gasteiger charge is -2.23. The van der Waals surface area contributed by atoms with E-state index in [1.165, 1.54) is 0 Å². The van der Waals surface area contributed by atoms with Gasteiger partial charge < -0.3 is 5.32 Å². The highest BCUT2D eigenvalue weighted by Gasteiger charge is 2.23. The Morgan fingerprint density at radius 1 is 1.38 bits per heavy atom. The van der Waals surface area contributed by atoms with Crippen LogP contribution < -0.4 is 5.32 Å². The van der Waals surface area contributed by atoms with Gasteiger partial charge in [0.15, 0.2) is 0 Å². The van der Waals surface area contributed by atoms with Gasteiger partial charge in [-0.25, -0.2) is 0 Å². The molecule has 1 atom stereocenters. The first kappa shape index (κ1) is 12.8. The Hall–Kier alpha value is -0.180. The van der Waals surface area contributed by atoms with Gasteiger partial charge in [-0.15, -0.1) is 11.8 Å². The lowest BCUT2D eigenvalue weighted by atomic mass is 10.2. The quantitative estimate of drug-likeness (QED) is 0.760. The molecule has 2 nitrogen and oxygen atoms in total. The Bertz CT molecular complexity index is 163. The van der Waals surface area contributed by atoms with E-state index in [1.807, 2.05) is 6.92 Å². The number of hydrogen-bond donors (Lipinski definition) is 1. The molecule has 0 heterocycles. The van der Waals surface area contributed by atoms with Crippen LogP contribution in [0.15, 0.2) is 0 Å². The van der Waals surface area contributed by atoms with E-state index in [2.05, 4.69) is 33.0 Å². The van der Waals surface area contributed by atoms with Crippen LogP contribution in [0.3, 0.4) is 0 Å². The molecule has 1 unspecified atom stereocenters. The van der Waals surface area contributed by atoms with Gasteiger partial charge in [-0.3, -0.25) is 4.79 Å². The van der Waals surface area contributed by atoms with Gasteiger partial charge in [0, 0.05) is 11.3 Å². The molecule has 0 fully saturated rings. The molecule has 0 radical (unpaired) electrons. The van der Waals surface area contributed by atoms with Crippen LogP contribution in [0.4, 0.5) is 0 Å². The molecule has 0 aromatic heterocycles. The fourth-order valence-corrected chi connectivity index (χ4v) is 2.25. The molecule has 3 heteroatoms. The summed E-state index contributed by atoms with van der Waals surface area (Å²) in [6.45, 7) is 11.1. The molecule has 0 spiro atoms. The van der Waals surface area contributed by atoms with Crippen LogP contribution in [0.25, 0.3) is 0 Å². The summed E-state index contributed by atoms with van der Waals surface area (Å²) in [6, 6.07) is 0. The van der Waals surface area contributed by atoms with E-state index >= 15 is 0 Å². The zero-order valence-corrected chi connectivity index (χ0v) is 10.1. The third kappa shape index (κ3) is 5.97. The molecular formula is C10H21NOS. The molecule has 0 saturated heterocycles. The normalized spacial score (nSPS) is 13.9. The van der Waals surface area contributed by atoms with Crippen LogP contribution in [0, 0.1) is 0 Å². The number of carbonyl (C=O) groups is 1. The van der Waals surface area contributed by atoms with Crippen LogP contribution in [-0.4, -0.2) is 22.4 Å². The monoisotopic (exact) mass is 203 g/mol. The minimum atomic E-state index is 0.0972. The number of rotatable bonds is 4. The highest BCUT2D eigenvalue weighted by atomic mass is 32.2. The second-order valence-corrected chi connectivity index (χ2v) is 6.05. The Morgan fingerprint density at radius 3 is 2.23 bits per heavy atom. The summed E-state index contributed by atoms with van der Waals surface area (Å²) >= 11 is 1.74. The van der Waals surface area contributed by atoms with Crippen LogP contribution in [0.2, 0.25) is 0 Å². The van der Waals surface area contributed by atoms with Gasteiger partial charge >= 0.3 is 0 Å². The summed E-state index contributed by atoms with van der Waals surface area (Å²) in [6.07, 6.45) is 0.897. The second-order valence-electron chi connectivity index (χ2n) is 4.02. The van der Waals surface area contributed by atoms with Crippen LogP contribution >= 0.6 is 11.8 Å². The van der Waals surface area contributed by atoms with E-state index in [0.29, 0.717) is 0 Å². The number of hydrogen-bond acceptors (Lipinski definition) is 2. The topological polar surface area (TPSA) is 29.1 Å². The Balaban J connectivity index is 4.10. The van der Waals surface area contributed by atoms with Crippen LogP contribution in [0.1, 0.15) is 41.0 Å². The summed E-state index contributed by atoms with van der Waals surface area (Å²) in [5.41, 5.74) is 0. The van der Waals surface area contributed by atoms with Crippen LogP contribution in [0.5, 0.6) is 0 Å². The average Bonchev–Trinajstić information content (AvgIpc) is 1.99. The average molecular weight is 203 g/mol. The summed E-state index contributed by atoms with van der Waals surface area (Å²) in [5.74, 6) is 0.171. The SMILES string of the molecule is CCNC(=O)C(CC)SC(C)(C)C. The molecule has 0 bridgehead atoms. The van der Waals surface area contributed by atoms with Crippen molar-refractivity contribution < 1.29 is 4.79 Å². The lowest BCUT2D eigenvalue weighted by Crippen LogP contribution is -2.34. The molecule has 0 aromatic carbocycles. The van der Waals surface area contributed by atoms with Crippen molar-refractivity contribution in [2.45, 2.75) is 51.0 Å². The third-order valence-corrected chi connectivity index (χ3v) is 3.05. The van der Waals surface area contributed by atoms with Gasteiger partial charge in [-0.1, -0.05) is 27.7 Å². The fourth-order valence-electron chi connectivity index (χ4n) is 1.04. The zero-order valence-electron chi connectivity index (χ0n) is 9.31. The van der Waals surface area contributed by atoms with Gasteiger partial charge in [-0.2, -0.15) is 0 Å². The molecule has 0 aliphatic rings. The summed E-state index contributed by atoms with van der Waals surface area (Å²) in [7, 11) is 0. The smallest absolute Gasteiger partial charge is 0.233 e. The standard InChI is InChI=1S/C10H21NOS/c1-6-8(9(12)11-7-2)13-10(3,4)5/h8H,6-7H2,1-5H3,(H,11,12). The summed E-state index contributed by atoms with van der Waals surface area (Å²) < 4.78 is 0.158. The minimum Gasteiger partial charge on any atom is -0.355 e. The van der Waals surface area contributed by atoms with Crippen molar-refractivity contribution in [1.29, 1.82) is 0 Å². The lowest BCUT2D eigenvalue weighted by molar-refractivity contribution is -0.120. The molecule has 0 aromatic rings. The number of thioether (sulfide) groups is 1. The third-order valence-electron chi connectivity index (χ3n) is 1.51. The number of nitrogens with one attached hydrogen (secondary N) is 1. The number of carbonyl (C=O) groups excluding carboxylic acids is 1. The van der Waals surface area contributed by atoms with Crippen molar-refractivity contribution in [2.75, 3.05) is 6.54 Å². The Morgan fingerprint density at radius 2 is 1.92 bits per heavy atom. The predicted octanol–water partition coefficient (Wildman–Crippen LogP) is 2.43. The molecule has 0 rings (SSSR count). The predicted molar refractivity (Wildman–Crippen MR) is 60.1 cm³/mol. The first-order valence-electron chi connectivity index (χ1n) is 4.86. The zero-order chi connectivity index (χ0) is 10.5. The molecule has 0 saturated carbocycles. The summed E-state index contributed by atoms with van der Waals surface area (Å²) in [4.78, 5) is 11.5. The van der Waals surface area contributed by atoms with E-state index in [1.54, 1.807) is 11.8 Å². The fraction of sp³-hybridized carbons (Fsp3) is 0.900. The van der Waals surface area contributed by atoms with E-state index < -0.39 is 0 Å². The first-order valence-corrected chi connectivity index (χ1v) is 5.74. The van der Waals surface area contributed by atoms with Crippen molar-refractivity contribution in [1.82, 2.24) is 5.32 Å². The molecule has 13 heavy (non-hydrogen) atoms. The van der Waals surface area contributed by atoms with E-state index in [0.717, 1.165) is 13.0 Å². The van der Waals surface area contributed by atoms with Crippen molar-refractivity contribution >= 4 is 17.7 Å². The van der Waals surface area contributed by atoms with Crippen molar-refractivity contribution in [3.63, 3.8) is 0 Å². The van der Waals surface area contributed by atoms with E-state index in [-0.39, 0.29) is 15.9 Å².